The zero-order chi connectivity index (χ0) is 23.4. The fourth-order valence-corrected chi connectivity index (χ4v) is 5.39. The molecular weight excluding hydrogens is 424 g/mol. The van der Waals surface area contributed by atoms with Crippen molar-refractivity contribution >= 4 is 17.8 Å². The van der Waals surface area contributed by atoms with Crippen LogP contribution in [0.5, 0.6) is 11.5 Å². The average molecular weight is 457 g/mol. The summed E-state index contributed by atoms with van der Waals surface area (Å²) >= 11 is 0. The predicted octanol–water partition coefficient (Wildman–Crippen LogP) is 1.93. The highest BCUT2D eigenvalue weighted by Gasteiger charge is 2.51. The SMILES string of the molecule is C#CCNC(=O)Oc1cnc(N2CCCC3(CCN(C4CCC(O)CC4)C3=O)C2)c(OC)c1. The maximum absolute atomic E-state index is 13.6. The summed E-state index contributed by atoms with van der Waals surface area (Å²) in [7, 11) is 1.54. The van der Waals surface area contributed by atoms with E-state index in [2.05, 4.69) is 26.0 Å². The molecule has 0 radical (unpaired) electrons. The number of terminal acetylenes is 1. The molecule has 0 bridgehead atoms. The van der Waals surface area contributed by atoms with Crippen molar-refractivity contribution in [3.05, 3.63) is 12.3 Å². The van der Waals surface area contributed by atoms with Gasteiger partial charge in [-0.2, -0.15) is 0 Å². The molecule has 0 aromatic carbocycles. The standard InChI is InChI=1S/C24H32N4O5/c1-3-11-25-23(31)33-19-14-20(32-2)21(26-15-19)27-12-4-9-24(16-27)10-13-28(22(24)30)17-5-7-18(29)8-6-17/h1,14-15,17-18,29H,4-13,16H2,2H3,(H,25,31). The van der Waals surface area contributed by atoms with Gasteiger partial charge in [-0.05, 0) is 44.9 Å². The first-order valence-corrected chi connectivity index (χ1v) is 11.6. The Morgan fingerprint density at radius 2 is 2.12 bits per heavy atom. The normalized spacial score (nSPS) is 27.4. The van der Waals surface area contributed by atoms with Crippen LogP contribution in [0.4, 0.5) is 10.6 Å². The van der Waals surface area contributed by atoms with Crippen LogP contribution in [0.2, 0.25) is 0 Å². The number of pyridine rings is 1. The van der Waals surface area contributed by atoms with Crippen molar-refractivity contribution in [3.8, 4) is 23.8 Å². The van der Waals surface area contributed by atoms with Crippen molar-refractivity contribution < 1.29 is 24.2 Å². The molecule has 3 aliphatic rings. The number of ether oxygens (including phenoxy) is 2. The Hall–Kier alpha value is -2.99. The first-order chi connectivity index (χ1) is 16.0. The minimum absolute atomic E-state index is 0.0732. The molecule has 1 aliphatic carbocycles. The number of nitrogens with one attached hydrogen (secondary N) is 1. The molecule has 4 rings (SSSR count). The smallest absolute Gasteiger partial charge is 0.413 e. The van der Waals surface area contributed by atoms with Gasteiger partial charge in [0.15, 0.2) is 17.3 Å². The lowest BCUT2D eigenvalue weighted by Gasteiger charge is -2.41. The molecule has 3 heterocycles. The van der Waals surface area contributed by atoms with Crippen LogP contribution in [0.25, 0.3) is 0 Å². The van der Waals surface area contributed by atoms with Crippen LogP contribution in [-0.2, 0) is 4.79 Å². The van der Waals surface area contributed by atoms with Gasteiger partial charge in [-0.15, -0.1) is 6.42 Å². The van der Waals surface area contributed by atoms with Crippen molar-refractivity contribution in [2.24, 2.45) is 5.41 Å². The van der Waals surface area contributed by atoms with Crippen LogP contribution in [0, 0.1) is 17.8 Å². The summed E-state index contributed by atoms with van der Waals surface area (Å²) in [5.74, 6) is 3.92. The molecule has 178 valence electrons. The fourth-order valence-electron chi connectivity index (χ4n) is 5.39. The number of anilines is 1. The van der Waals surface area contributed by atoms with E-state index in [1.807, 2.05) is 0 Å². The average Bonchev–Trinajstić information content (AvgIpc) is 3.13. The molecule has 3 fully saturated rings. The van der Waals surface area contributed by atoms with Gasteiger partial charge < -0.3 is 29.7 Å². The van der Waals surface area contributed by atoms with Crippen LogP contribution >= 0.6 is 0 Å². The number of nitrogens with zero attached hydrogens (tertiary/aromatic N) is 3. The summed E-state index contributed by atoms with van der Waals surface area (Å²) in [6, 6.07) is 1.86. The van der Waals surface area contributed by atoms with Gasteiger partial charge in [-0.3, -0.25) is 4.79 Å². The number of piperidine rings is 1. The Morgan fingerprint density at radius 1 is 1.33 bits per heavy atom. The summed E-state index contributed by atoms with van der Waals surface area (Å²) in [6.07, 6.45) is 11.6. The molecule has 1 unspecified atom stereocenters. The van der Waals surface area contributed by atoms with Gasteiger partial charge in [0.2, 0.25) is 5.91 Å². The van der Waals surface area contributed by atoms with E-state index >= 15 is 0 Å². The monoisotopic (exact) mass is 456 g/mol. The second-order valence-corrected chi connectivity index (χ2v) is 9.16. The minimum Gasteiger partial charge on any atom is -0.493 e. The highest BCUT2D eigenvalue weighted by Crippen LogP contribution is 2.44. The van der Waals surface area contributed by atoms with Gasteiger partial charge in [0.25, 0.3) is 0 Å². The summed E-state index contributed by atoms with van der Waals surface area (Å²) in [5, 5.41) is 12.3. The van der Waals surface area contributed by atoms with E-state index in [9.17, 15) is 14.7 Å². The summed E-state index contributed by atoms with van der Waals surface area (Å²) in [5.41, 5.74) is -0.411. The Kier molecular flexibility index (Phi) is 6.94. The van der Waals surface area contributed by atoms with E-state index in [0.717, 1.165) is 58.0 Å². The van der Waals surface area contributed by atoms with E-state index in [1.54, 1.807) is 13.2 Å². The highest BCUT2D eigenvalue weighted by molar-refractivity contribution is 5.86. The Balaban J connectivity index is 1.46. The molecule has 9 heteroatoms. The summed E-state index contributed by atoms with van der Waals surface area (Å²) < 4.78 is 10.8. The summed E-state index contributed by atoms with van der Waals surface area (Å²) in [6.45, 7) is 2.21. The number of aliphatic hydroxyl groups excluding tert-OH is 1. The lowest BCUT2D eigenvalue weighted by atomic mass is 9.78. The van der Waals surface area contributed by atoms with Crippen LogP contribution in [0.15, 0.2) is 12.3 Å². The second-order valence-electron chi connectivity index (χ2n) is 9.16. The zero-order valence-electron chi connectivity index (χ0n) is 19.1. The molecule has 2 saturated heterocycles. The number of carbonyl (C=O) groups is 2. The van der Waals surface area contributed by atoms with Gasteiger partial charge in [-0.1, -0.05) is 5.92 Å². The first-order valence-electron chi connectivity index (χ1n) is 11.6. The third kappa shape index (κ3) is 4.86. The molecule has 1 aromatic heterocycles. The molecule has 1 saturated carbocycles. The summed E-state index contributed by atoms with van der Waals surface area (Å²) in [4.78, 5) is 34.0. The molecule has 2 aliphatic heterocycles. The Bertz CT molecular complexity index is 924. The topological polar surface area (TPSA) is 104 Å². The maximum Gasteiger partial charge on any atom is 0.413 e. The molecule has 1 atom stereocenters. The number of aliphatic hydroxyl groups is 1. The lowest BCUT2D eigenvalue weighted by Crippen LogP contribution is -2.50. The molecule has 2 N–H and O–H groups in total. The highest BCUT2D eigenvalue weighted by atomic mass is 16.6. The molecule has 9 nitrogen and oxygen atoms in total. The third-order valence-electron chi connectivity index (χ3n) is 7.10. The van der Waals surface area contributed by atoms with Crippen LogP contribution in [0.1, 0.15) is 44.9 Å². The number of rotatable bonds is 5. The number of methoxy groups -OCH3 is 1. The van der Waals surface area contributed by atoms with E-state index in [1.165, 1.54) is 6.20 Å². The molecule has 1 spiro atoms. The van der Waals surface area contributed by atoms with E-state index in [0.29, 0.717) is 18.1 Å². The lowest BCUT2D eigenvalue weighted by molar-refractivity contribution is -0.139. The van der Waals surface area contributed by atoms with Crippen molar-refractivity contribution in [1.82, 2.24) is 15.2 Å². The number of carbonyl (C=O) groups excluding carboxylic acids is 2. The number of hydrogen-bond donors (Lipinski definition) is 2. The van der Waals surface area contributed by atoms with Gasteiger partial charge in [0, 0.05) is 31.7 Å². The Morgan fingerprint density at radius 3 is 2.85 bits per heavy atom. The minimum atomic E-state index is -0.659. The van der Waals surface area contributed by atoms with Gasteiger partial charge in [-0.25, -0.2) is 9.78 Å². The van der Waals surface area contributed by atoms with Gasteiger partial charge in [0.05, 0.1) is 31.4 Å². The number of amides is 2. The van der Waals surface area contributed by atoms with Crippen molar-refractivity contribution in [3.63, 3.8) is 0 Å². The first kappa shape index (κ1) is 23.2. The molecule has 1 aromatic rings. The second kappa shape index (κ2) is 9.87. The van der Waals surface area contributed by atoms with E-state index in [4.69, 9.17) is 15.9 Å². The maximum atomic E-state index is 13.6. The largest absolute Gasteiger partial charge is 0.493 e. The number of hydrogen-bond acceptors (Lipinski definition) is 7. The van der Waals surface area contributed by atoms with Gasteiger partial charge in [0.1, 0.15) is 0 Å². The van der Waals surface area contributed by atoms with Crippen molar-refractivity contribution in [1.29, 1.82) is 0 Å². The van der Waals surface area contributed by atoms with Crippen molar-refractivity contribution in [2.75, 3.05) is 38.2 Å². The van der Waals surface area contributed by atoms with Crippen LogP contribution < -0.4 is 19.7 Å². The third-order valence-corrected chi connectivity index (χ3v) is 7.10. The molecule has 33 heavy (non-hydrogen) atoms. The van der Waals surface area contributed by atoms with Crippen LogP contribution in [-0.4, -0.2) is 72.4 Å². The number of aromatic nitrogens is 1. The van der Waals surface area contributed by atoms with E-state index in [-0.39, 0.29) is 30.3 Å². The van der Waals surface area contributed by atoms with E-state index < -0.39 is 11.5 Å². The van der Waals surface area contributed by atoms with Crippen LogP contribution in [0.3, 0.4) is 0 Å². The predicted molar refractivity (Wildman–Crippen MR) is 122 cm³/mol. The Labute approximate surface area is 194 Å². The quantitative estimate of drug-likeness (QED) is 0.653. The molecular formula is C24H32N4O5. The zero-order valence-corrected chi connectivity index (χ0v) is 19.1. The number of likely N-dealkylation sites (tertiary alicyclic amines) is 1. The van der Waals surface area contributed by atoms with Gasteiger partial charge >= 0.3 is 6.09 Å². The van der Waals surface area contributed by atoms with Crippen molar-refractivity contribution in [2.45, 2.75) is 57.1 Å². The molecule has 2 amide bonds. The fraction of sp³-hybridized carbons (Fsp3) is 0.625.